The average Bonchev–Trinajstić information content (AvgIpc) is 3.42. The summed E-state index contributed by atoms with van der Waals surface area (Å²) in [5.74, 6) is -0.0207. The summed E-state index contributed by atoms with van der Waals surface area (Å²) in [6.45, 7) is 8.12. The Kier molecular flexibility index (Phi) is 5.74. The van der Waals surface area contributed by atoms with Crippen LogP contribution in [0.1, 0.15) is 44.5 Å². The van der Waals surface area contributed by atoms with Crippen LogP contribution in [-0.2, 0) is 6.54 Å². The van der Waals surface area contributed by atoms with Crippen molar-refractivity contribution in [3.63, 3.8) is 0 Å². The van der Waals surface area contributed by atoms with Gasteiger partial charge in [0.1, 0.15) is 5.69 Å². The number of fused-ring (bicyclic) bond motifs is 1. The highest BCUT2D eigenvalue weighted by atomic mass is 16.3. The third kappa shape index (κ3) is 4.12. The van der Waals surface area contributed by atoms with E-state index >= 15 is 0 Å². The highest BCUT2D eigenvalue weighted by molar-refractivity contribution is 5.98. The molecule has 1 atom stereocenters. The zero-order valence-electron chi connectivity index (χ0n) is 19.8. The molecule has 3 heterocycles. The summed E-state index contributed by atoms with van der Waals surface area (Å²) in [5, 5.41) is 0.914. The van der Waals surface area contributed by atoms with Crippen molar-refractivity contribution in [2.45, 2.75) is 33.4 Å². The lowest BCUT2D eigenvalue weighted by Gasteiger charge is -2.40. The van der Waals surface area contributed by atoms with Crippen LogP contribution in [0.2, 0.25) is 0 Å². The number of amides is 2. The minimum absolute atomic E-state index is 0.0138. The molecule has 2 amide bonds. The van der Waals surface area contributed by atoms with Gasteiger partial charge < -0.3 is 18.8 Å². The quantitative estimate of drug-likeness (QED) is 0.440. The Hall–Kier alpha value is -3.80. The van der Waals surface area contributed by atoms with Crippen LogP contribution in [0.5, 0.6) is 0 Å². The van der Waals surface area contributed by atoms with E-state index in [4.69, 9.17) is 4.42 Å². The number of benzene rings is 2. The van der Waals surface area contributed by atoms with Gasteiger partial charge in [-0.25, -0.2) is 0 Å². The molecule has 6 heteroatoms. The van der Waals surface area contributed by atoms with E-state index in [1.54, 1.807) is 6.26 Å². The van der Waals surface area contributed by atoms with Crippen molar-refractivity contribution in [2.75, 3.05) is 19.6 Å². The van der Waals surface area contributed by atoms with E-state index in [1.165, 1.54) is 5.56 Å². The summed E-state index contributed by atoms with van der Waals surface area (Å²) in [6, 6.07) is 19.7. The maximum Gasteiger partial charge on any atom is 0.270 e. The maximum absolute atomic E-state index is 13.6. The fourth-order valence-electron chi connectivity index (χ4n) is 4.65. The Labute approximate surface area is 199 Å². The van der Waals surface area contributed by atoms with Crippen LogP contribution in [0.3, 0.4) is 0 Å². The summed E-state index contributed by atoms with van der Waals surface area (Å²) in [7, 11) is 0. The fraction of sp³-hybridized carbons (Fsp3) is 0.286. The lowest BCUT2D eigenvalue weighted by molar-refractivity contribution is 0.0409. The van der Waals surface area contributed by atoms with Crippen LogP contribution in [0.25, 0.3) is 11.1 Å². The van der Waals surface area contributed by atoms with E-state index in [0.717, 1.165) is 16.5 Å². The molecular formula is C28H29N3O3. The molecule has 0 radical (unpaired) electrons. The van der Waals surface area contributed by atoms with Gasteiger partial charge >= 0.3 is 0 Å². The molecule has 5 rings (SSSR count). The topological polar surface area (TPSA) is 58.7 Å². The predicted octanol–water partition coefficient (Wildman–Crippen LogP) is 4.89. The van der Waals surface area contributed by atoms with E-state index in [1.807, 2.05) is 64.6 Å². The zero-order valence-corrected chi connectivity index (χ0v) is 19.8. The van der Waals surface area contributed by atoms with Crippen LogP contribution in [-0.4, -0.2) is 51.9 Å². The van der Waals surface area contributed by atoms with Crippen LogP contribution >= 0.6 is 0 Å². The molecule has 0 saturated carbocycles. The Morgan fingerprint density at radius 3 is 2.26 bits per heavy atom. The number of rotatable bonds is 4. The van der Waals surface area contributed by atoms with Gasteiger partial charge in [0.05, 0.1) is 12.8 Å². The lowest BCUT2D eigenvalue weighted by Crippen LogP contribution is -2.55. The molecule has 0 bridgehead atoms. The number of hydrogen-bond acceptors (Lipinski definition) is 3. The first kappa shape index (κ1) is 22.0. The van der Waals surface area contributed by atoms with Crippen LogP contribution < -0.4 is 0 Å². The van der Waals surface area contributed by atoms with Gasteiger partial charge in [-0.3, -0.25) is 9.59 Å². The third-order valence-corrected chi connectivity index (χ3v) is 6.66. The number of carbonyl (C=O) groups excluding carboxylic acids is 2. The molecule has 2 aromatic carbocycles. The third-order valence-electron chi connectivity index (χ3n) is 6.66. The van der Waals surface area contributed by atoms with Crippen molar-refractivity contribution in [1.82, 2.24) is 14.4 Å². The molecule has 174 valence electrons. The van der Waals surface area contributed by atoms with Gasteiger partial charge in [-0.1, -0.05) is 47.5 Å². The maximum atomic E-state index is 13.6. The minimum atomic E-state index is -0.0741. The van der Waals surface area contributed by atoms with Crippen molar-refractivity contribution in [3.8, 4) is 0 Å². The molecule has 0 aliphatic carbocycles. The number of hydrogen-bond donors (Lipinski definition) is 0. The summed E-state index contributed by atoms with van der Waals surface area (Å²) >= 11 is 0. The largest absolute Gasteiger partial charge is 0.448 e. The van der Waals surface area contributed by atoms with Crippen LogP contribution in [0.15, 0.2) is 71.3 Å². The number of nitrogens with zero attached hydrogens (tertiary/aromatic N) is 3. The predicted molar refractivity (Wildman–Crippen MR) is 132 cm³/mol. The minimum Gasteiger partial charge on any atom is -0.448 e. The van der Waals surface area contributed by atoms with E-state index < -0.39 is 0 Å². The molecular weight excluding hydrogens is 426 g/mol. The van der Waals surface area contributed by atoms with Gasteiger partial charge in [0, 0.05) is 36.6 Å². The van der Waals surface area contributed by atoms with E-state index in [-0.39, 0.29) is 17.9 Å². The van der Waals surface area contributed by atoms with Gasteiger partial charge in [-0.15, -0.1) is 0 Å². The molecule has 1 aliphatic heterocycles. The second-order valence-electron chi connectivity index (χ2n) is 9.25. The molecule has 6 nitrogen and oxygen atoms in total. The van der Waals surface area contributed by atoms with Gasteiger partial charge in [0.2, 0.25) is 5.71 Å². The monoisotopic (exact) mass is 455 g/mol. The summed E-state index contributed by atoms with van der Waals surface area (Å²) in [4.78, 5) is 30.4. The van der Waals surface area contributed by atoms with Crippen molar-refractivity contribution in [2.24, 2.45) is 0 Å². The molecule has 0 spiro atoms. The van der Waals surface area contributed by atoms with Gasteiger partial charge in [-0.05, 0) is 50.6 Å². The Balaban J connectivity index is 1.35. The molecule has 1 aliphatic rings. The van der Waals surface area contributed by atoms with Gasteiger partial charge in [0.25, 0.3) is 11.8 Å². The number of aryl methyl sites for hydroxylation is 2. The highest BCUT2D eigenvalue weighted by Gasteiger charge is 2.32. The second kappa shape index (κ2) is 8.86. The first-order valence-corrected chi connectivity index (χ1v) is 11.7. The highest BCUT2D eigenvalue weighted by Crippen LogP contribution is 2.25. The smallest absolute Gasteiger partial charge is 0.270 e. The summed E-state index contributed by atoms with van der Waals surface area (Å²) in [5.41, 5.74) is 5.42. The van der Waals surface area contributed by atoms with E-state index in [2.05, 4.69) is 31.2 Å². The Morgan fingerprint density at radius 1 is 0.912 bits per heavy atom. The number of carbonyl (C=O) groups is 2. The number of aromatic nitrogens is 1. The van der Waals surface area contributed by atoms with Crippen LogP contribution in [0, 0.1) is 13.8 Å². The molecule has 0 unspecified atom stereocenters. The summed E-state index contributed by atoms with van der Waals surface area (Å²) < 4.78 is 7.68. The van der Waals surface area contributed by atoms with Gasteiger partial charge in [-0.2, -0.15) is 0 Å². The van der Waals surface area contributed by atoms with E-state index in [9.17, 15) is 9.59 Å². The molecule has 1 saturated heterocycles. The number of furan rings is 1. The van der Waals surface area contributed by atoms with Crippen molar-refractivity contribution >= 4 is 22.9 Å². The first-order chi connectivity index (χ1) is 16.4. The average molecular weight is 456 g/mol. The normalized spacial score (nSPS) is 16.3. The standard InChI is InChI=1S/C28H29N3O3/c1-19-4-8-22(9-5-19)18-31-25(16-24-12-15-34-28(24)31)27(33)29-13-14-30(21(3)17-29)26(32)23-10-6-20(2)7-11-23/h4-12,15-16,21H,13-14,17-18H2,1-3H3/t21-/m0/s1. The van der Waals surface area contributed by atoms with Crippen molar-refractivity contribution < 1.29 is 14.0 Å². The second-order valence-corrected chi connectivity index (χ2v) is 9.25. The van der Waals surface area contributed by atoms with E-state index in [0.29, 0.717) is 43.1 Å². The Bertz CT molecular complexity index is 1330. The molecule has 1 fully saturated rings. The molecule has 4 aromatic rings. The lowest BCUT2D eigenvalue weighted by atomic mass is 10.1. The molecule has 0 N–H and O–H groups in total. The first-order valence-electron chi connectivity index (χ1n) is 11.7. The van der Waals surface area contributed by atoms with Crippen molar-refractivity contribution in [1.29, 1.82) is 0 Å². The fourth-order valence-corrected chi connectivity index (χ4v) is 4.65. The molecule has 34 heavy (non-hydrogen) atoms. The van der Waals surface area contributed by atoms with Crippen molar-refractivity contribution in [3.05, 3.63) is 94.9 Å². The Morgan fingerprint density at radius 2 is 1.59 bits per heavy atom. The SMILES string of the molecule is Cc1ccc(Cn2c(C(=O)N3CCN(C(=O)c4ccc(C)cc4)[C@@H](C)C3)cc3ccoc32)cc1. The zero-order chi connectivity index (χ0) is 23.8. The molecule has 2 aromatic heterocycles. The summed E-state index contributed by atoms with van der Waals surface area (Å²) in [6.07, 6.45) is 1.65. The van der Waals surface area contributed by atoms with Crippen LogP contribution in [0.4, 0.5) is 0 Å². The number of piperazine rings is 1. The van der Waals surface area contributed by atoms with Gasteiger partial charge in [0.15, 0.2) is 0 Å².